The van der Waals surface area contributed by atoms with Crippen LogP contribution in [0.3, 0.4) is 0 Å². The molecule has 228 valence electrons. The van der Waals surface area contributed by atoms with E-state index in [4.69, 9.17) is 24.3 Å². The second-order valence-electron chi connectivity index (χ2n) is 9.61. The number of nitrogens with two attached hydrogens (primary N) is 1. The van der Waals surface area contributed by atoms with E-state index in [9.17, 15) is 24.8 Å². The van der Waals surface area contributed by atoms with E-state index in [1.54, 1.807) is 18.2 Å². The standard InChI is InChI=1S/C27H37N6O8P/c1-5-11-21-25(29)30-17-31-33(21)27(16-28)24(35)23(34)22(40-27)15-39-42(37,41-20-12-9-8-10-13-20)32-18(4)26(36)38-14-19(6-2)7-3/h5,8-13,17-19,22-24,34-35H,1,6-7,14-15H2,2-4H3,(H,32,37)(H2,29,30,31)/b21-11-/t18-,22+,23+,24+,27+,42?/m0/s1. The molecule has 1 saturated heterocycles. The normalized spacial score (nSPS) is 26.8. The molecule has 0 spiro atoms. The van der Waals surface area contributed by atoms with Gasteiger partial charge in [0.2, 0.25) is 0 Å². The van der Waals surface area contributed by atoms with Crippen molar-refractivity contribution in [3.8, 4) is 11.8 Å². The van der Waals surface area contributed by atoms with Gasteiger partial charge in [-0.25, -0.2) is 14.6 Å². The quantitative estimate of drug-likeness (QED) is 0.178. The van der Waals surface area contributed by atoms with Gasteiger partial charge >= 0.3 is 13.7 Å². The van der Waals surface area contributed by atoms with E-state index < -0.39 is 50.4 Å². The summed E-state index contributed by atoms with van der Waals surface area (Å²) in [5, 5.41) is 39.4. The summed E-state index contributed by atoms with van der Waals surface area (Å²) in [7, 11) is -4.34. The van der Waals surface area contributed by atoms with Crippen molar-refractivity contribution >= 4 is 25.9 Å². The van der Waals surface area contributed by atoms with E-state index in [2.05, 4.69) is 21.8 Å². The average Bonchev–Trinajstić information content (AvgIpc) is 3.23. The van der Waals surface area contributed by atoms with Crippen LogP contribution in [-0.4, -0.2) is 76.7 Å². The minimum Gasteiger partial charge on any atom is -0.464 e. The van der Waals surface area contributed by atoms with Crippen molar-refractivity contribution < 1.29 is 38.1 Å². The molecule has 15 heteroatoms. The number of hydrogen-bond acceptors (Lipinski definition) is 13. The third-order valence-electron chi connectivity index (χ3n) is 6.74. The molecule has 14 nitrogen and oxygen atoms in total. The number of nitrogens with one attached hydrogen (secondary N) is 1. The number of aliphatic imine (C=N–C) groups is 1. The summed E-state index contributed by atoms with van der Waals surface area (Å²) in [6, 6.07) is 8.83. The fourth-order valence-electron chi connectivity index (χ4n) is 4.18. The van der Waals surface area contributed by atoms with Gasteiger partial charge in [-0.1, -0.05) is 57.5 Å². The molecule has 1 unspecified atom stereocenters. The third-order valence-corrected chi connectivity index (χ3v) is 8.38. The highest BCUT2D eigenvalue weighted by Gasteiger charge is 2.60. The number of amidine groups is 1. The highest BCUT2D eigenvalue weighted by molar-refractivity contribution is 7.52. The van der Waals surface area contributed by atoms with Gasteiger partial charge in [0.15, 0.2) is 5.84 Å². The number of carbonyl (C=O) groups is 1. The molecular weight excluding hydrogens is 567 g/mol. The van der Waals surface area contributed by atoms with E-state index in [1.165, 1.54) is 31.2 Å². The van der Waals surface area contributed by atoms with E-state index in [0.717, 1.165) is 24.2 Å². The van der Waals surface area contributed by atoms with Gasteiger partial charge < -0.3 is 29.9 Å². The number of ether oxygens (including phenoxy) is 2. The molecule has 42 heavy (non-hydrogen) atoms. The Labute approximate surface area is 244 Å². The number of aliphatic hydroxyl groups is 2. The third kappa shape index (κ3) is 7.43. The van der Waals surface area contributed by atoms with Crippen molar-refractivity contribution in [3.63, 3.8) is 0 Å². The Hall–Kier alpha value is -3.57. The van der Waals surface area contributed by atoms with Gasteiger partial charge in [-0.05, 0) is 31.1 Å². The maximum absolute atomic E-state index is 13.9. The Morgan fingerprint density at radius 2 is 2.05 bits per heavy atom. The van der Waals surface area contributed by atoms with Crippen LogP contribution >= 0.6 is 7.75 Å². The summed E-state index contributed by atoms with van der Waals surface area (Å²) in [5.41, 5.74) is 3.76. The molecule has 0 bridgehead atoms. The fraction of sp³-hybridized carbons (Fsp3) is 0.481. The fourth-order valence-corrected chi connectivity index (χ4v) is 5.68. The minimum absolute atomic E-state index is 0.0421. The zero-order chi connectivity index (χ0) is 30.9. The maximum atomic E-state index is 13.9. The topological polar surface area (TPSA) is 201 Å². The number of carbonyl (C=O) groups excluding carboxylic acids is 1. The van der Waals surface area contributed by atoms with E-state index in [0.29, 0.717) is 0 Å². The van der Waals surface area contributed by atoms with Crippen molar-refractivity contribution in [2.75, 3.05) is 13.2 Å². The van der Waals surface area contributed by atoms with Crippen LogP contribution < -0.4 is 15.3 Å². The molecule has 0 radical (unpaired) electrons. The molecule has 0 saturated carbocycles. The Morgan fingerprint density at radius 3 is 2.67 bits per heavy atom. The first-order valence-electron chi connectivity index (χ1n) is 13.4. The number of hydrazone groups is 1. The molecule has 6 atom stereocenters. The smallest absolute Gasteiger partial charge is 0.459 e. The lowest BCUT2D eigenvalue weighted by Gasteiger charge is -2.36. The average molecular weight is 605 g/mol. The van der Waals surface area contributed by atoms with E-state index in [-0.39, 0.29) is 29.8 Å². The number of esters is 1. The monoisotopic (exact) mass is 604 g/mol. The number of hydrogen-bond donors (Lipinski definition) is 4. The second kappa shape index (κ2) is 14.6. The van der Waals surface area contributed by atoms with Crippen molar-refractivity contribution in [1.82, 2.24) is 10.1 Å². The van der Waals surface area contributed by atoms with Crippen LogP contribution in [0.15, 0.2) is 64.9 Å². The van der Waals surface area contributed by atoms with Crippen molar-refractivity contribution in [1.29, 1.82) is 5.26 Å². The molecule has 1 aromatic rings. The summed E-state index contributed by atoms with van der Waals surface area (Å²) in [5.74, 6) is -0.353. The summed E-state index contributed by atoms with van der Waals surface area (Å²) in [6.07, 6.45) is 0.549. The molecule has 0 amide bonds. The van der Waals surface area contributed by atoms with Crippen LogP contribution in [0.5, 0.6) is 5.75 Å². The molecule has 1 aromatic carbocycles. The van der Waals surface area contributed by atoms with E-state index >= 15 is 0 Å². The number of rotatable bonds is 14. The zero-order valence-electron chi connectivity index (χ0n) is 23.7. The van der Waals surface area contributed by atoms with Gasteiger partial charge in [0.25, 0.3) is 5.72 Å². The Balaban J connectivity index is 1.80. The lowest BCUT2D eigenvalue weighted by molar-refractivity contribution is -0.146. The number of benzene rings is 1. The molecule has 0 aliphatic carbocycles. The van der Waals surface area contributed by atoms with Crippen LogP contribution in [-0.2, 0) is 23.4 Å². The first kappa shape index (κ1) is 32.9. The van der Waals surface area contributed by atoms with Gasteiger partial charge in [-0.15, -0.1) is 0 Å². The second-order valence-corrected chi connectivity index (χ2v) is 11.3. The van der Waals surface area contributed by atoms with Crippen LogP contribution in [0.1, 0.15) is 33.6 Å². The first-order chi connectivity index (χ1) is 20.0. The molecule has 1 fully saturated rings. The lowest BCUT2D eigenvalue weighted by Crippen LogP contribution is -2.55. The molecule has 5 N–H and O–H groups in total. The summed E-state index contributed by atoms with van der Waals surface area (Å²) in [6.45, 7) is 8.60. The van der Waals surface area contributed by atoms with Gasteiger partial charge in [0.05, 0.1) is 13.2 Å². The van der Waals surface area contributed by atoms with Gasteiger partial charge in [-0.2, -0.15) is 15.5 Å². The SMILES string of the molecule is C=C/C=C1/C(N)=NC=NN1[C@]1(C#N)O[C@H](COP(=O)(N[C@@H](C)C(=O)OCC(CC)CC)Oc2ccccc2)[C@@H](O)[C@H]1O. The summed E-state index contributed by atoms with van der Waals surface area (Å²) >= 11 is 0. The number of nitrogens with zero attached hydrogens (tertiary/aromatic N) is 4. The predicted molar refractivity (Wildman–Crippen MR) is 154 cm³/mol. The number of para-hydroxylation sites is 1. The number of allylic oxidation sites excluding steroid dienone is 2. The predicted octanol–water partition coefficient (Wildman–Crippen LogP) is 2.17. The lowest BCUT2D eigenvalue weighted by atomic mass is 10.0. The van der Waals surface area contributed by atoms with E-state index in [1.807, 2.05) is 19.9 Å². The Bertz CT molecular complexity index is 1280. The highest BCUT2D eigenvalue weighted by Crippen LogP contribution is 2.46. The highest BCUT2D eigenvalue weighted by atomic mass is 31.2. The molecule has 2 aliphatic heterocycles. The zero-order valence-corrected chi connectivity index (χ0v) is 24.6. The molecule has 2 aliphatic rings. The van der Waals surface area contributed by atoms with Crippen molar-refractivity contribution in [2.45, 2.75) is 63.7 Å². The van der Waals surface area contributed by atoms with Gasteiger partial charge in [0, 0.05) is 0 Å². The number of nitriles is 1. The van der Waals surface area contributed by atoms with Crippen LogP contribution in [0.4, 0.5) is 0 Å². The molecule has 0 aromatic heterocycles. The minimum atomic E-state index is -4.34. The Kier molecular flexibility index (Phi) is 11.4. The van der Waals surface area contributed by atoms with Crippen LogP contribution in [0.2, 0.25) is 0 Å². The number of aliphatic hydroxyl groups excluding tert-OH is 2. The first-order valence-corrected chi connectivity index (χ1v) is 15.0. The van der Waals surface area contributed by atoms with Gasteiger partial charge in [0.1, 0.15) is 48.2 Å². The van der Waals surface area contributed by atoms with Crippen molar-refractivity contribution in [2.24, 2.45) is 21.7 Å². The Morgan fingerprint density at radius 1 is 1.36 bits per heavy atom. The molecule has 2 heterocycles. The van der Waals surface area contributed by atoms with Crippen LogP contribution in [0.25, 0.3) is 0 Å². The van der Waals surface area contributed by atoms with Crippen molar-refractivity contribution in [3.05, 3.63) is 54.8 Å². The van der Waals surface area contributed by atoms with Crippen LogP contribution in [0, 0.1) is 17.2 Å². The summed E-state index contributed by atoms with van der Waals surface area (Å²) in [4.78, 5) is 16.5. The summed E-state index contributed by atoms with van der Waals surface area (Å²) < 4.78 is 36.3. The largest absolute Gasteiger partial charge is 0.464 e. The molecular formula is C27H37N6O8P. The molecule has 3 rings (SSSR count). The maximum Gasteiger partial charge on any atom is 0.459 e. The van der Waals surface area contributed by atoms with Gasteiger partial charge in [-0.3, -0.25) is 9.32 Å².